The van der Waals surface area contributed by atoms with Gasteiger partial charge in [0.15, 0.2) is 0 Å². The van der Waals surface area contributed by atoms with E-state index in [0.29, 0.717) is 5.02 Å². The van der Waals surface area contributed by atoms with E-state index in [1.807, 2.05) is 37.3 Å². The molecule has 2 amide bonds. The van der Waals surface area contributed by atoms with Crippen LogP contribution in [0.2, 0.25) is 5.02 Å². The van der Waals surface area contributed by atoms with Gasteiger partial charge >= 0.3 is 0 Å². The smallest absolute Gasteiger partial charge is 0.293 e. The lowest BCUT2D eigenvalue weighted by Gasteiger charge is -2.11. The molecule has 3 rings (SSSR count). The number of rotatable bonds is 8. The molecule has 0 bridgehead atoms. The van der Waals surface area contributed by atoms with Gasteiger partial charge in [0.25, 0.3) is 17.5 Å². The molecule has 33 heavy (non-hydrogen) atoms. The van der Waals surface area contributed by atoms with Crippen molar-refractivity contribution in [2.75, 3.05) is 17.2 Å². The van der Waals surface area contributed by atoms with E-state index in [0.717, 1.165) is 22.9 Å². The Balaban J connectivity index is 1.57. The third-order valence-electron chi connectivity index (χ3n) is 4.70. The zero-order chi connectivity index (χ0) is 23.8. The number of amides is 2. The predicted molar refractivity (Wildman–Crippen MR) is 127 cm³/mol. The van der Waals surface area contributed by atoms with Crippen molar-refractivity contribution in [3.63, 3.8) is 0 Å². The van der Waals surface area contributed by atoms with E-state index in [1.165, 1.54) is 12.1 Å². The molecule has 3 aromatic rings. The first-order chi connectivity index (χ1) is 15.8. The topological polar surface area (TPSA) is 125 Å². The van der Waals surface area contributed by atoms with Crippen LogP contribution >= 0.6 is 11.6 Å². The van der Waals surface area contributed by atoms with Crippen LogP contribution in [0.5, 0.6) is 0 Å². The molecule has 0 saturated heterocycles. The molecule has 4 N–H and O–H groups in total. The molecule has 0 heterocycles. The number of halogens is 1. The van der Waals surface area contributed by atoms with Crippen LogP contribution in [-0.4, -0.2) is 23.3 Å². The van der Waals surface area contributed by atoms with E-state index < -0.39 is 16.7 Å². The van der Waals surface area contributed by atoms with Crippen molar-refractivity contribution >= 4 is 40.5 Å². The molecule has 3 aromatic carbocycles. The lowest BCUT2D eigenvalue weighted by atomic mass is 10.1. The van der Waals surface area contributed by atoms with Gasteiger partial charge < -0.3 is 10.6 Å². The van der Waals surface area contributed by atoms with Gasteiger partial charge in [0, 0.05) is 28.9 Å². The Bertz CT molecular complexity index is 1170. The normalized spacial score (nSPS) is 10.2. The number of hydrogen-bond acceptors (Lipinski definition) is 6. The Morgan fingerprint density at radius 3 is 2.39 bits per heavy atom. The Labute approximate surface area is 195 Å². The maximum Gasteiger partial charge on any atom is 0.293 e. The molecule has 0 aliphatic heterocycles. The van der Waals surface area contributed by atoms with Crippen molar-refractivity contribution in [3.8, 4) is 0 Å². The first-order valence-electron chi connectivity index (χ1n) is 9.99. The average molecular weight is 468 g/mol. The van der Waals surface area contributed by atoms with E-state index in [4.69, 9.17) is 11.6 Å². The van der Waals surface area contributed by atoms with Crippen LogP contribution in [0.25, 0.3) is 0 Å². The lowest BCUT2D eigenvalue weighted by molar-refractivity contribution is -0.384. The number of nitro groups is 1. The largest absolute Gasteiger partial charge is 0.376 e. The number of hydrogen-bond donors (Lipinski definition) is 4. The van der Waals surface area contributed by atoms with Gasteiger partial charge in [-0.25, -0.2) is 0 Å². The van der Waals surface area contributed by atoms with Gasteiger partial charge in [0.05, 0.1) is 11.5 Å². The van der Waals surface area contributed by atoms with Gasteiger partial charge in [0.2, 0.25) is 0 Å². The molecule has 0 atom stereocenters. The minimum absolute atomic E-state index is 0.0248. The maximum atomic E-state index is 12.4. The molecule has 170 valence electrons. The fourth-order valence-electron chi connectivity index (χ4n) is 2.90. The molecule has 0 radical (unpaired) electrons. The minimum atomic E-state index is -0.681. The Hall–Kier alpha value is -4.11. The van der Waals surface area contributed by atoms with Crippen LogP contribution in [0, 0.1) is 17.0 Å². The number of hydrazine groups is 1. The van der Waals surface area contributed by atoms with E-state index in [2.05, 4.69) is 21.5 Å². The molecule has 10 heteroatoms. The summed E-state index contributed by atoms with van der Waals surface area (Å²) >= 11 is 6.12. The fourth-order valence-corrected chi connectivity index (χ4v) is 3.10. The first-order valence-corrected chi connectivity index (χ1v) is 10.4. The monoisotopic (exact) mass is 467 g/mol. The molecular formula is C23H22ClN5O4. The van der Waals surface area contributed by atoms with Crippen molar-refractivity contribution in [1.29, 1.82) is 0 Å². The Kier molecular flexibility index (Phi) is 7.82. The first kappa shape index (κ1) is 23.6. The summed E-state index contributed by atoms with van der Waals surface area (Å²) in [7, 11) is 0. The van der Waals surface area contributed by atoms with Gasteiger partial charge in [-0.15, -0.1) is 0 Å². The highest BCUT2D eigenvalue weighted by Crippen LogP contribution is 2.27. The van der Waals surface area contributed by atoms with Crippen LogP contribution in [0.1, 0.15) is 21.5 Å². The summed E-state index contributed by atoms with van der Waals surface area (Å²) in [6.07, 6.45) is 0. The second-order valence-corrected chi connectivity index (χ2v) is 7.56. The highest BCUT2D eigenvalue weighted by atomic mass is 35.5. The van der Waals surface area contributed by atoms with Crippen LogP contribution in [-0.2, 0) is 11.3 Å². The quantitative estimate of drug-likeness (QED) is 0.292. The van der Waals surface area contributed by atoms with Crippen molar-refractivity contribution in [2.24, 2.45) is 0 Å². The van der Waals surface area contributed by atoms with Crippen molar-refractivity contribution < 1.29 is 14.5 Å². The Morgan fingerprint density at radius 2 is 1.70 bits per heavy atom. The van der Waals surface area contributed by atoms with E-state index >= 15 is 0 Å². The van der Waals surface area contributed by atoms with Gasteiger partial charge in [-0.05, 0) is 42.8 Å². The predicted octanol–water partition coefficient (Wildman–Crippen LogP) is 4.04. The van der Waals surface area contributed by atoms with E-state index in [9.17, 15) is 19.7 Å². The third-order valence-corrected chi connectivity index (χ3v) is 5.07. The molecule has 0 unspecified atom stereocenters. The summed E-state index contributed by atoms with van der Waals surface area (Å²) in [5, 5.41) is 17.9. The summed E-state index contributed by atoms with van der Waals surface area (Å²) in [6, 6.07) is 18.6. The molecule has 0 aliphatic carbocycles. The molecule has 0 fully saturated rings. The minimum Gasteiger partial charge on any atom is -0.376 e. The zero-order valence-electron chi connectivity index (χ0n) is 17.7. The molecule has 0 aliphatic rings. The second-order valence-electron chi connectivity index (χ2n) is 7.16. The number of benzene rings is 3. The standard InChI is InChI=1S/C23H22ClN5O4/c1-15-6-9-18(10-7-15)25-14-22(30)27-28-23(31)16-8-11-20(21(12-16)29(32)33)26-13-17-4-2-3-5-19(17)24/h2-12,25-26H,13-14H2,1H3,(H,27,30)(H,28,31). The summed E-state index contributed by atoms with van der Waals surface area (Å²) < 4.78 is 0. The zero-order valence-corrected chi connectivity index (χ0v) is 18.5. The second kappa shape index (κ2) is 11.0. The number of nitrogens with one attached hydrogen (secondary N) is 4. The SMILES string of the molecule is Cc1ccc(NCC(=O)NNC(=O)c2ccc(NCc3ccccc3Cl)c([N+](=O)[O-])c2)cc1. The molecule has 0 aromatic heterocycles. The summed E-state index contributed by atoms with van der Waals surface area (Å²) in [5.41, 5.74) is 7.15. The fraction of sp³-hybridized carbons (Fsp3) is 0.130. The highest BCUT2D eigenvalue weighted by Gasteiger charge is 2.18. The highest BCUT2D eigenvalue weighted by molar-refractivity contribution is 6.31. The number of carbonyl (C=O) groups excluding carboxylic acids is 2. The average Bonchev–Trinajstić information content (AvgIpc) is 2.81. The van der Waals surface area contributed by atoms with Gasteiger partial charge in [0.1, 0.15) is 5.69 Å². The number of aryl methyl sites for hydroxylation is 1. The number of carbonyl (C=O) groups is 2. The van der Waals surface area contributed by atoms with Gasteiger partial charge in [-0.1, -0.05) is 47.5 Å². The third kappa shape index (κ3) is 6.68. The Morgan fingerprint density at radius 1 is 0.970 bits per heavy atom. The van der Waals surface area contributed by atoms with E-state index in [-0.39, 0.29) is 30.0 Å². The molecule has 0 spiro atoms. The van der Waals surface area contributed by atoms with Crippen LogP contribution in [0.15, 0.2) is 66.7 Å². The van der Waals surface area contributed by atoms with Crippen LogP contribution < -0.4 is 21.5 Å². The molecular weight excluding hydrogens is 446 g/mol. The maximum absolute atomic E-state index is 12.4. The van der Waals surface area contributed by atoms with E-state index in [1.54, 1.807) is 18.2 Å². The number of anilines is 2. The number of nitro benzene ring substituents is 1. The van der Waals surface area contributed by atoms with Crippen LogP contribution in [0.4, 0.5) is 17.1 Å². The van der Waals surface area contributed by atoms with Crippen molar-refractivity contribution in [2.45, 2.75) is 13.5 Å². The lowest BCUT2D eigenvalue weighted by Crippen LogP contribution is -2.44. The molecule has 9 nitrogen and oxygen atoms in total. The van der Waals surface area contributed by atoms with Gasteiger partial charge in [-0.2, -0.15) is 0 Å². The summed E-state index contributed by atoms with van der Waals surface area (Å²) in [4.78, 5) is 35.3. The van der Waals surface area contributed by atoms with Gasteiger partial charge in [-0.3, -0.25) is 30.6 Å². The van der Waals surface area contributed by atoms with Crippen LogP contribution in [0.3, 0.4) is 0 Å². The van der Waals surface area contributed by atoms with Crippen molar-refractivity contribution in [3.05, 3.63) is 98.6 Å². The summed E-state index contributed by atoms with van der Waals surface area (Å²) in [6.45, 7) is 2.17. The molecule has 0 saturated carbocycles. The summed E-state index contributed by atoms with van der Waals surface area (Å²) in [5.74, 6) is -1.16. The number of nitrogens with zero attached hydrogens (tertiary/aromatic N) is 1. The van der Waals surface area contributed by atoms with Crippen molar-refractivity contribution in [1.82, 2.24) is 10.9 Å².